The fraction of sp³-hybridized carbons (Fsp3) is 0.625. The smallest absolute Gasteiger partial charge is 0.124 e. The third kappa shape index (κ3) is 4.27. The molecule has 1 aliphatic carbocycles. The molecule has 4 heteroatoms. The van der Waals surface area contributed by atoms with Crippen LogP contribution >= 0.6 is 15.9 Å². The van der Waals surface area contributed by atoms with E-state index in [0.717, 1.165) is 22.4 Å². The number of hydrazine groups is 1. The van der Waals surface area contributed by atoms with E-state index in [2.05, 4.69) is 28.3 Å². The summed E-state index contributed by atoms with van der Waals surface area (Å²) < 4.78 is 14.2. The minimum absolute atomic E-state index is 0.194. The van der Waals surface area contributed by atoms with Crippen molar-refractivity contribution in [2.45, 2.75) is 51.5 Å². The third-order valence-corrected chi connectivity index (χ3v) is 5.02. The Morgan fingerprint density at radius 3 is 2.85 bits per heavy atom. The largest absolute Gasteiger partial charge is 0.271 e. The lowest BCUT2D eigenvalue weighted by Crippen LogP contribution is -2.44. The predicted molar refractivity (Wildman–Crippen MR) is 84.7 cm³/mol. The van der Waals surface area contributed by atoms with Crippen molar-refractivity contribution >= 4 is 15.9 Å². The van der Waals surface area contributed by atoms with Crippen molar-refractivity contribution in [1.29, 1.82) is 0 Å². The van der Waals surface area contributed by atoms with Crippen molar-refractivity contribution in [3.05, 3.63) is 34.1 Å². The topological polar surface area (TPSA) is 38.0 Å². The maximum Gasteiger partial charge on any atom is 0.124 e. The van der Waals surface area contributed by atoms with Crippen molar-refractivity contribution in [2.75, 3.05) is 0 Å². The molecule has 2 rings (SSSR count). The minimum Gasteiger partial charge on any atom is -0.271 e. The molecule has 0 spiro atoms. The summed E-state index contributed by atoms with van der Waals surface area (Å²) >= 11 is 3.35. The number of halogens is 2. The van der Waals surface area contributed by atoms with Crippen molar-refractivity contribution in [1.82, 2.24) is 5.43 Å². The first-order chi connectivity index (χ1) is 9.62. The van der Waals surface area contributed by atoms with Crippen LogP contribution in [0.25, 0.3) is 0 Å². The molecule has 0 saturated heterocycles. The molecule has 3 N–H and O–H groups in total. The average molecular weight is 343 g/mol. The van der Waals surface area contributed by atoms with Gasteiger partial charge in [0.1, 0.15) is 5.82 Å². The van der Waals surface area contributed by atoms with E-state index < -0.39 is 0 Å². The molecule has 20 heavy (non-hydrogen) atoms. The van der Waals surface area contributed by atoms with Gasteiger partial charge in [-0.15, -0.1) is 0 Å². The van der Waals surface area contributed by atoms with E-state index in [4.69, 9.17) is 5.84 Å². The van der Waals surface area contributed by atoms with Gasteiger partial charge in [-0.2, -0.15) is 0 Å². The van der Waals surface area contributed by atoms with Crippen LogP contribution in [0, 0.1) is 17.7 Å². The summed E-state index contributed by atoms with van der Waals surface area (Å²) in [6, 6.07) is 5.31. The van der Waals surface area contributed by atoms with E-state index in [1.54, 1.807) is 6.07 Å². The zero-order valence-corrected chi connectivity index (χ0v) is 13.6. The Bertz CT molecular complexity index is 418. The monoisotopic (exact) mass is 342 g/mol. The number of hydrogen-bond acceptors (Lipinski definition) is 2. The van der Waals surface area contributed by atoms with E-state index >= 15 is 0 Å². The van der Waals surface area contributed by atoms with Gasteiger partial charge in [0.25, 0.3) is 0 Å². The lowest BCUT2D eigenvalue weighted by Gasteiger charge is -2.34. The molecular weight excluding hydrogens is 319 g/mol. The Hall–Kier alpha value is -0.450. The van der Waals surface area contributed by atoms with Crippen LogP contribution in [0.3, 0.4) is 0 Å². The maximum absolute atomic E-state index is 13.5. The molecule has 1 aliphatic rings. The van der Waals surface area contributed by atoms with Gasteiger partial charge >= 0.3 is 0 Å². The Kier molecular flexibility index (Phi) is 6.00. The van der Waals surface area contributed by atoms with Crippen molar-refractivity contribution in [3.63, 3.8) is 0 Å². The quantitative estimate of drug-likeness (QED) is 0.622. The molecule has 1 aromatic carbocycles. The first-order valence-electron chi connectivity index (χ1n) is 7.53. The van der Waals surface area contributed by atoms with Crippen LogP contribution in [0.4, 0.5) is 4.39 Å². The highest BCUT2D eigenvalue weighted by Crippen LogP contribution is 2.33. The zero-order valence-electron chi connectivity index (χ0n) is 12.0. The van der Waals surface area contributed by atoms with E-state index in [1.807, 2.05) is 6.07 Å². The van der Waals surface area contributed by atoms with Crippen LogP contribution in [0.15, 0.2) is 22.7 Å². The van der Waals surface area contributed by atoms with Crippen LogP contribution in [0.2, 0.25) is 0 Å². The van der Waals surface area contributed by atoms with Gasteiger partial charge in [0.2, 0.25) is 0 Å². The molecule has 0 radical (unpaired) electrons. The summed E-state index contributed by atoms with van der Waals surface area (Å²) in [5.41, 5.74) is 3.96. The Balaban J connectivity index is 2.04. The highest BCUT2D eigenvalue weighted by atomic mass is 79.9. The lowest BCUT2D eigenvalue weighted by molar-refractivity contribution is 0.208. The van der Waals surface area contributed by atoms with Crippen LogP contribution < -0.4 is 11.3 Å². The first kappa shape index (κ1) is 15.9. The van der Waals surface area contributed by atoms with Crippen LogP contribution in [0.1, 0.15) is 44.6 Å². The SMILES string of the molecule is CCC1CCCC(C(Cc2cc(F)cc(Br)c2)NN)C1. The van der Waals surface area contributed by atoms with Crippen LogP contribution in [-0.4, -0.2) is 6.04 Å². The third-order valence-electron chi connectivity index (χ3n) is 4.56. The number of nitrogens with one attached hydrogen (secondary N) is 1. The standard InChI is InChI=1S/C16H24BrFN2/c1-2-11-4-3-5-13(6-11)16(20-19)9-12-7-14(17)10-15(18)8-12/h7-8,10-11,13,16,20H,2-6,9,19H2,1H3. The van der Waals surface area contributed by atoms with Gasteiger partial charge in [-0.3, -0.25) is 11.3 Å². The fourth-order valence-corrected chi connectivity index (χ4v) is 3.93. The van der Waals surface area contributed by atoms with E-state index in [9.17, 15) is 4.39 Å². The van der Waals surface area contributed by atoms with Gasteiger partial charge in [0.05, 0.1) is 0 Å². The Morgan fingerprint density at radius 1 is 1.40 bits per heavy atom. The van der Waals surface area contributed by atoms with Gasteiger partial charge in [-0.1, -0.05) is 42.1 Å². The summed E-state index contributed by atoms with van der Waals surface area (Å²) in [5.74, 6) is 6.99. The zero-order chi connectivity index (χ0) is 14.5. The molecule has 1 aromatic rings. The van der Waals surface area contributed by atoms with Gasteiger partial charge in [-0.25, -0.2) is 4.39 Å². The highest BCUT2D eigenvalue weighted by molar-refractivity contribution is 9.10. The first-order valence-corrected chi connectivity index (χ1v) is 8.32. The van der Waals surface area contributed by atoms with Crippen molar-refractivity contribution in [3.8, 4) is 0 Å². The van der Waals surface area contributed by atoms with E-state index in [0.29, 0.717) is 5.92 Å². The molecule has 0 aromatic heterocycles. The number of benzene rings is 1. The molecule has 1 fully saturated rings. The predicted octanol–water partition coefficient (Wildman–Crippen LogP) is 4.18. The molecule has 0 bridgehead atoms. The van der Waals surface area contributed by atoms with Gasteiger partial charge in [-0.05, 0) is 54.9 Å². The van der Waals surface area contributed by atoms with Gasteiger partial charge in [0.15, 0.2) is 0 Å². The molecular formula is C16H24BrFN2. The summed E-state index contributed by atoms with van der Waals surface area (Å²) in [7, 11) is 0. The molecule has 112 valence electrons. The van der Waals surface area contributed by atoms with Gasteiger partial charge in [0, 0.05) is 10.5 Å². The van der Waals surface area contributed by atoms with E-state index in [1.165, 1.54) is 38.2 Å². The lowest BCUT2D eigenvalue weighted by atomic mass is 9.75. The number of hydrogen-bond donors (Lipinski definition) is 2. The summed E-state index contributed by atoms with van der Waals surface area (Å²) in [6.45, 7) is 2.27. The number of nitrogens with two attached hydrogens (primary N) is 1. The Labute approximate surface area is 129 Å². The fourth-order valence-electron chi connectivity index (χ4n) is 3.41. The second-order valence-electron chi connectivity index (χ2n) is 5.96. The summed E-state index contributed by atoms with van der Waals surface area (Å²) in [5, 5.41) is 0. The molecule has 0 amide bonds. The molecule has 2 nitrogen and oxygen atoms in total. The molecule has 0 aliphatic heterocycles. The van der Waals surface area contributed by atoms with Crippen molar-refractivity contribution < 1.29 is 4.39 Å². The Morgan fingerprint density at radius 2 is 2.20 bits per heavy atom. The summed E-state index contributed by atoms with van der Waals surface area (Å²) in [4.78, 5) is 0. The maximum atomic E-state index is 13.5. The second kappa shape index (κ2) is 7.53. The number of rotatable bonds is 5. The molecule has 0 heterocycles. The van der Waals surface area contributed by atoms with Crippen molar-refractivity contribution in [2.24, 2.45) is 17.7 Å². The minimum atomic E-state index is -0.194. The molecule has 1 saturated carbocycles. The highest BCUT2D eigenvalue weighted by Gasteiger charge is 2.27. The molecule has 3 atom stereocenters. The van der Waals surface area contributed by atoms with E-state index in [-0.39, 0.29) is 11.9 Å². The van der Waals surface area contributed by atoms with Crippen LogP contribution in [0.5, 0.6) is 0 Å². The molecule has 3 unspecified atom stereocenters. The van der Waals surface area contributed by atoms with Gasteiger partial charge < -0.3 is 0 Å². The van der Waals surface area contributed by atoms with Crippen LogP contribution in [-0.2, 0) is 6.42 Å². The second-order valence-corrected chi connectivity index (χ2v) is 6.87. The normalized spacial score (nSPS) is 24.6. The summed E-state index contributed by atoms with van der Waals surface area (Å²) in [6.07, 6.45) is 7.13. The average Bonchev–Trinajstić information content (AvgIpc) is 2.44.